The van der Waals surface area contributed by atoms with Crippen LogP contribution in [0.2, 0.25) is 0 Å². The maximum Gasteiger partial charge on any atom is 0.307 e. The first-order valence-corrected chi connectivity index (χ1v) is 12.0. The predicted molar refractivity (Wildman–Crippen MR) is 136 cm³/mol. The molecule has 2 atom stereocenters. The molecule has 1 heterocycles. The van der Waals surface area contributed by atoms with Gasteiger partial charge in [0.1, 0.15) is 5.75 Å². The molecule has 0 spiro atoms. The number of likely N-dealkylation sites (N-methyl/N-ethyl adjacent to an activating group) is 1. The molecule has 6 heteroatoms. The molecule has 1 amide bonds. The van der Waals surface area contributed by atoms with E-state index < -0.39 is 0 Å². The van der Waals surface area contributed by atoms with Gasteiger partial charge in [0.05, 0.1) is 18.7 Å². The standard InChI is InChI=1S/C29H32N2O4/c1-4-34-29(33)18-26(24-15-16-25-27(17-24)35-20-28(32)30(25)3)31(19-22-11-7-5-8-12-22)21(2)23-13-9-6-10-14-23/h5-17,21,26H,4,18-20H2,1-3H3/t21-,26-/m0/s1. The van der Waals surface area contributed by atoms with Gasteiger partial charge in [-0.2, -0.15) is 0 Å². The Hall–Kier alpha value is -3.64. The van der Waals surface area contributed by atoms with Crippen molar-refractivity contribution in [3.8, 4) is 5.75 Å². The van der Waals surface area contributed by atoms with Crippen molar-refractivity contribution in [3.05, 3.63) is 95.6 Å². The fourth-order valence-corrected chi connectivity index (χ4v) is 4.54. The van der Waals surface area contributed by atoms with E-state index in [9.17, 15) is 9.59 Å². The van der Waals surface area contributed by atoms with Gasteiger partial charge in [0.2, 0.25) is 0 Å². The van der Waals surface area contributed by atoms with Gasteiger partial charge in [-0.3, -0.25) is 14.5 Å². The van der Waals surface area contributed by atoms with Crippen molar-refractivity contribution in [2.24, 2.45) is 0 Å². The third kappa shape index (κ3) is 5.72. The normalized spacial score (nSPS) is 14.7. The number of ether oxygens (including phenoxy) is 2. The van der Waals surface area contributed by atoms with Gasteiger partial charge in [-0.1, -0.05) is 66.7 Å². The van der Waals surface area contributed by atoms with Crippen LogP contribution in [0.25, 0.3) is 0 Å². The first-order chi connectivity index (χ1) is 17.0. The average molecular weight is 473 g/mol. The average Bonchev–Trinajstić information content (AvgIpc) is 2.89. The highest BCUT2D eigenvalue weighted by Gasteiger charge is 2.31. The van der Waals surface area contributed by atoms with E-state index in [-0.39, 0.29) is 37.0 Å². The maximum absolute atomic E-state index is 12.8. The van der Waals surface area contributed by atoms with Gasteiger partial charge < -0.3 is 14.4 Å². The minimum absolute atomic E-state index is 0.00362. The molecule has 0 fully saturated rings. The van der Waals surface area contributed by atoms with Crippen LogP contribution in [0.15, 0.2) is 78.9 Å². The number of hydrogen-bond donors (Lipinski definition) is 0. The Balaban J connectivity index is 1.77. The number of amides is 1. The van der Waals surface area contributed by atoms with Crippen LogP contribution < -0.4 is 9.64 Å². The van der Waals surface area contributed by atoms with Gasteiger partial charge in [-0.25, -0.2) is 0 Å². The third-order valence-electron chi connectivity index (χ3n) is 6.51. The van der Waals surface area contributed by atoms with Crippen molar-refractivity contribution < 1.29 is 19.1 Å². The molecule has 0 N–H and O–H groups in total. The molecular formula is C29H32N2O4. The second-order valence-electron chi connectivity index (χ2n) is 8.74. The van der Waals surface area contributed by atoms with Gasteiger partial charge in [-0.15, -0.1) is 0 Å². The van der Waals surface area contributed by atoms with Crippen molar-refractivity contribution in [2.75, 3.05) is 25.2 Å². The molecule has 35 heavy (non-hydrogen) atoms. The van der Waals surface area contributed by atoms with Crippen LogP contribution in [0.4, 0.5) is 5.69 Å². The Morgan fingerprint density at radius 2 is 1.71 bits per heavy atom. The van der Waals surface area contributed by atoms with E-state index >= 15 is 0 Å². The lowest BCUT2D eigenvalue weighted by Gasteiger charge is -2.37. The zero-order valence-electron chi connectivity index (χ0n) is 20.5. The molecule has 0 aromatic heterocycles. The number of carbonyl (C=O) groups excluding carboxylic acids is 2. The molecular weight excluding hydrogens is 440 g/mol. The molecule has 3 aromatic carbocycles. The van der Waals surface area contributed by atoms with Crippen LogP contribution in [0.5, 0.6) is 5.75 Å². The number of hydrogen-bond acceptors (Lipinski definition) is 5. The Bertz CT molecular complexity index is 1150. The molecule has 1 aliphatic rings. The summed E-state index contributed by atoms with van der Waals surface area (Å²) in [5.41, 5.74) is 3.99. The molecule has 6 nitrogen and oxygen atoms in total. The fourth-order valence-electron chi connectivity index (χ4n) is 4.54. The highest BCUT2D eigenvalue weighted by atomic mass is 16.5. The molecule has 182 valence electrons. The van der Waals surface area contributed by atoms with E-state index in [1.54, 1.807) is 11.9 Å². The van der Waals surface area contributed by atoms with Crippen LogP contribution >= 0.6 is 0 Å². The van der Waals surface area contributed by atoms with Crippen LogP contribution in [0.3, 0.4) is 0 Å². The topological polar surface area (TPSA) is 59.1 Å². The van der Waals surface area contributed by atoms with Gasteiger partial charge in [0, 0.05) is 25.7 Å². The fraction of sp³-hybridized carbons (Fsp3) is 0.310. The number of carbonyl (C=O) groups is 2. The summed E-state index contributed by atoms with van der Waals surface area (Å²) < 4.78 is 11.1. The van der Waals surface area contributed by atoms with Crippen LogP contribution in [-0.2, 0) is 20.9 Å². The highest BCUT2D eigenvalue weighted by Crippen LogP contribution is 2.39. The minimum Gasteiger partial charge on any atom is -0.482 e. The van der Waals surface area contributed by atoms with Crippen LogP contribution in [-0.4, -0.2) is 37.0 Å². The molecule has 0 radical (unpaired) electrons. The quantitative estimate of drug-likeness (QED) is 0.396. The van der Waals surface area contributed by atoms with Crippen molar-refractivity contribution in [1.82, 2.24) is 4.90 Å². The van der Waals surface area contributed by atoms with E-state index in [0.717, 1.165) is 22.4 Å². The summed E-state index contributed by atoms with van der Waals surface area (Å²) in [6.07, 6.45) is 0.200. The van der Waals surface area contributed by atoms with Gasteiger partial charge >= 0.3 is 5.97 Å². The van der Waals surface area contributed by atoms with Crippen LogP contribution in [0.1, 0.15) is 49.0 Å². The van der Waals surface area contributed by atoms with Crippen molar-refractivity contribution in [2.45, 2.75) is 38.9 Å². The van der Waals surface area contributed by atoms with E-state index in [1.165, 1.54) is 0 Å². The predicted octanol–water partition coefficient (Wildman–Crippen LogP) is 5.30. The molecule has 0 bridgehead atoms. The summed E-state index contributed by atoms with van der Waals surface area (Å²) in [4.78, 5) is 28.8. The third-order valence-corrected chi connectivity index (χ3v) is 6.51. The van der Waals surface area contributed by atoms with E-state index in [0.29, 0.717) is 18.9 Å². The zero-order valence-corrected chi connectivity index (χ0v) is 20.5. The largest absolute Gasteiger partial charge is 0.482 e. The second kappa shape index (κ2) is 11.2. The van der Waals surface area contributed by atoms with Gasteiger partial charge in [0.25, 0.3) is 5.91 Å². The first kappa shape index (κ1) is 24.5. The number of anilines is 1. The molecule has 1 aliphatic heterocycles. The van der Waals surface area contributed by atoms with Crippen molar-refractivity contribution >= 4 is 17.6 Å². The van der Waals surface area contributed by atoms with Crippen molar-refractivity contribution in [3.63, 3.8) is 0 Å². The van der Waals surface area contributed by atoms with E-state index in [2.05, 4.69) is 36.1 Å². The first-order valence-electron chi connectivity index (χ1n) is 12.0. The Kier molecular flexibility index (Phi) is 7.83. The molecule has 0 saturated carbocycles. The molecule has 4 rings (SSSR count). The Morgan fingerprint density at radius 3 is 2.40 bits per heavy atom. The number of nitrogens with zero attached hydrogens (tertiary/aromatic N) is 2. The number of rotatable bonds is 9. The van der Waals surface area contributed by atoms with E-state index in [1.807, 2.05) is 61.5 Å². The number of esters is 1. The summed E-state index contributed by atoms with van der Waals surface area (Å²) in [7, 11) is 1.75. The van der Waals surface area contributed by atoms with Gasteiger partial charge in [0.15, 0.2) is 6.61 Å². The van der Waals surface area contributed by atoms with Crippen molar-refractivity contribution in [1.29, 1.82) is 0 Å². The van der Waals surface area contributed by atoms with E-state index in [4.69, 9.17) is 9.47 Å². The highest BCUT2D eigenvalue weighted by molar-refractivity contribution is 5.97. The number of benzene rings is 3. The summed E-state index contributed by atoms with van der Waals surface area (Å²) in [6, 6.07) is 26.2. The Labute approximate surface area is 207 Å². The lowest BCUT2D eigenvalue weighted by molar-refractivity contribution is -0.145. The lowest BCUT2D eigenvalue weighted by Crippen LogP contribution is -2.36. The van der Waals surface area contributed by atoms with Gasteiger partial charge in [-0.05, 0) is 42.7 Å². The second-order valence-corrected chi connectivity index (χ2v) is 8.74. The summed E-state index contributed by atoms with van der Waals surface area (Å²) in [5.74, 6) is 0.309. The SMILES string of the molecule is CCOC(=O)C[C@@H](c1ccc2c(c1)OCC(=O)N2C)N(Cc1ccccc1)[C@@H](C)c1ccccc1. The molecule has 3 aromatic rings. The zero-order chi connectivity index (χ0) is 24.8. The molecule has 0 unspecified atom stereocenters. The molecule has 0 aliphatic carbocycles. The Morgan fingerprint density at radius 1 is 1.03 bits per heavy atom. The smallest absolute Gasteiger partial charge is 0.307 e. The summed E-state index contributed by atoms with van der Waals surface area (Å²) in [5, 5.41) is 0. The maximum atomic E-state index is 12.8. The minimum atomic E-state index is -0.263. The lowest BCUT2D eigenvalue weighted by atomic mass is 9.96. The summed E-state index contributed by atoms with van der Waals surface area (Å²) >= 11 is 0. The van der Waals surface area contributed by atoms with Crippen LogP contribution in [0, 0.1) is 0 Å². The monoisotopic (exact) mass is 472 g/mol. The number of fused-ring (bicyclic) bond motifs is 1. The summed E-state index contributed by atoms with van der Waals surface area (Å²) in [6.45, 7) is 4.97. The molecule has 0 saturated heterocycles.